The quantitative estimate of drug-likeness (QED) is 0.607. The highest BCUT2D eigenvalue weighted by Gasteiger charge is 2.36. The van der Waals surface area contributed by atoms with Crippen molar-refractivity contribution < 1.29 is 25.9 Å². The zero-order valence-corrected chi connectivity index (χ0v) is 14.7. The maximum Gasteiger partial charge on any atom is 0.281 e. The molecule has 2 atom stereocenters. The molecule has 0 saturated carbocycles. The first-order valence-electron chi connectivity index (χ1n) is 7.52. The molecule has 10 heteroatoms. The van der Waals surface area contributed by atoms with E-state index < -0.39 is 31.0 Å². The third-order valence-electron chi connectivity index (χ3n) is 3.92. The molecule has 1 fully saturated rings. The highest BCUT2D eigenvalue weighted by Crippen LogP contribution is 2.20. The van der Waals surface area contributed by atoms with Crippen molar-refractivity contribution in [3.63, 3.8) is 0 Å². The zero-order valence-electron chi connectivity index (χ0n) is 13.0. The van der Waals surface area contributed by atoms with Crippen LogP contribution in [0.4, 0.5) is 0 Å². The van der Waals surface area contributed by atoms with Gasteiger partial charge < -0.3 is 0 Å². The largest absolute Gasteiger partial charge is 0.284 e. The van der Waals surface area contributed by atoms with Crippen molar-refractivity contribution in [2.75, 3.05) is 26.2 Å². The molecule has 1 saturated heterocycles. The number of hydrogen-bond acceptors (Lipinski definition) is 6. The molecule has 0 bridgehead atoms. The number of hydrogen-bond donors (Lipinski definition) is 2. The predicted molar refractivity (Wildman–Crippen MR) is 83.6 cm³/mol. The summed E-state index contributed by atoms with van der Waals surface area (Å²) in [4.78, 5) is 3.31. The molecule has 1 heterocycles. The number of nitrogens with zero attached hydrogens (tertiary/aromatic N) is 2. The van der Waals surface area contributed by atoms with Crippen molar-refractivity contribution in [2.24, 2.45) is 0 Å². The minimum absolute atomic E-state index is 0.329. The Labute approximate surface area is 133 Å². The third kappa shape index (κ3) is 5.43. The van der Waals surface area contributed by atoms with Crippen molar-refractivity contribution in [1.82, 2.24) is 9.80 Å². The maximum absolute atomic E-state index is 11.5. The lowest BCUT2D eigenvalue weighted by atomic mass is 10.2. The molecular weight excluding hydrogens is 332 g/mol. The van der Waals surface area contributed by atoms with E-state index in [0.717, 1.165) is 0 Å². The van der Waals surface area contributed by atoms with E-state index >= 15 is 0 Å². The second-order valence-corrected chi connectivity index (χ2v) is 8.74. The summed E-state index contributed by atoms with van der Waals surface area (Å²) in [5.74, 6) is 0. The first kappa shape index (κ1) is 19.8. The lowest BCUT2D eigenvalue weighted by molar-refractivity contribution is 0.0996. The van der Waals surface area contributed by atoms with Crippen molar-refractivity contribution in [3.8, 4) is 0 Å². The SMILES string of the molecule is CCCC(N1CCN(C(CCC)S(=O)(=O)O)CC1)S(=O)(=O)O. The van der Waals surface area contributed by atoms with E-state index in [1.807, 2.05) is 13.8 Å². The molecule has 2 N–H and O–H groups in total. The smallest absolute Gasteiger partial charge is 0.281 e. The fourth-order valence-electron chi connectivity index (χ4n) is 2.85. The Kier molecular flexibility index (Phi) is 7.21. The normalized spacial score (nSPS) is 21.6. The molecule has 22 heavy (non-hydrogen) atoms. The molecule has 1 aliphatic rings. The predicted octanol–water partition coefficient (Wildman–Crippen LogP) is 0.632. The van der Waals surface area contributed by atoms with Gasteiger partial charge in [0.15, 0.2) is 0 Å². The van der Waals surface area contributed by atoms with Gasteiger partial charge in [-0.3, -0.25) is 18.9 Å². The summed E-state index contributed by atoms with van der Waals surface area (Å²) in [7, 11) is -8.33. The van der Waals surface area contributed by atoms with Gasteiger partial charge in [0, 0.05) is 26.2 Å². The molecule has 0 aromatic carbocycles. The van der Waals surface area contributed by atoms with Crippen LogP contribution in [-0.2, 0) is 20.2 Å². The molecule has 0 aliphatic carbocycles. The Morgan fingerprint density at radius 1 is 0.773 bits per heavy atom. The second kappa shape index (κ2) is 8.02. The average molecular weight is 358 g/mol. The summed E-state index contributed by atoms with van der Waals surface area (Å²) in [6.07, 6.45) is 1.90. The van der Waals surface area contributed by atoms with Crippen molar-refractivity contribution in [2.45, 2.75) is 50.3 Å². The Morgan fingerprint density at radius 3 is 1.23 bits per heavy atom. The van der Waals surface area contributed by atoms with Gasteiger partial charge in [-0.25, -0.2) is 0 Å². The fraction of sp³-hybridized carbons (Fsp3) is 1.00. The van der Waals surface area contributed by atoms with Crippen molar-refractivity contribution in [3.05, 3.63) is 0 Å². The Morgan fingerprint density at radius 2 is 1.05 bits per heavy atom. The van der Waals surface area contributed by atoms with Gasteiger partial charge in [-0.15, -0.1) is 0 Å². The fourth-order valence-corrected chi connectivity index (χ4v) is 5.09. The molecule has 8 nitrogen and oxygen atoms in total. The van der Waals surface area contributed by atoms with E-state index in [-0.39, 0.29) is 0 Å². The first-order valence-corrected chi connectivity index (χ1v) is 10.5. The van der Waals surface area contributed by atoms with Gasteiger partial charge >= 0.3 is 0 Å². The van der Waals surface area contributed by atoms with Crippen LogP contribution in [0.2, 0.25) is 0 Å². The van der Waals surface area contributed by atoms with Gasteiger partial charge in [0.05, 0.1) is 0 Å². The van der Waals surface area contributed by atoms with Crippen LogP contribution in [0, 0.1) is 0 Å². The van der Waals surface area contributed by atoms with E-state index in [1.54, 1.807) is 9.80 Å². The molecular formula is C12H26N2O6S2. The molecule has 132 valence electrons. The molecule has 1 rings (SSSR count). The molecule has 0 amide bonds. The van der Waals surface area contributed by atoms with Crippen LogP contribution in [0.15, 0.2) is 0 Å². The van der Waals surface area contributed by atoms with E-state index in [4.69, 9.17) is 0 Å². The lowest BCUT2D eigenvalue weighted by Crippen LogP contribution is -2.56. The van der Waals surface area contributed by atoms with Gasteiger partial charge in [-0.2, -0.15) is 16.8 Å². The summed E-state index contributed by atoms with van der Waals surface area (Å²) in [5.41, 5.74) is 0. The van der Waals surface area contributed by atoms with Gasteiger partial charge in [0.1, 0.15) is 10.7 Å². The van der Waals surface area contributed by atoms with Crippen LogP contribution in [0.1, 0.15) is 39.5 Å². The standard InChI is InChI=1S/C12H26N2O6S2/c1-3-5-11(21(15,16)17)13-7-9-14(10-8-13)12(6-4-2)22(18,19)20/h11-12H,3-10H2,1-2H3,(H,15,16,17)(H,18,19,20). The Balaban J connectivity index is 2.76. The molecule has 0 spiro atoms. The highest BCUT2D eigenvalue weighted by atomic mass is 32.2. The van der Waals surface area contributed by atoms with Crippen LogP contribution in [-0.4, -0.2) is 72.7 Å². The monoisotopic (exact) mass is 358 g/mol. The van der Waals surface area contributed by atoms with Gasteiger partial charge in [-0.05, 0) is 12.8 Å². The highest BCUT2D eigenvalue weighted by molar-refractivity contribution is 7.86. The number of piperazine rings is 1. The maximum atomic E-state index is 11.5. The van der Waals surface area contributed by atoms with Gasteiger partial charge in [0.25, 0.3) is 20.2 Å². The Hall–Kier alpha value is -0.260. The average Bonchev–Trinajstić information content (AvgIpc) is 2.40. The van der Waals surface area contributed by atoms with Crippen LogP contribution in [0.25, 0.3) is 0 Å². The minimum Gasteiger partial charge on any atom is -0.284 e. The molecule has 1 aliphatic heterocycles. The van der Waals surface area contributed by atoms with Gasteiger partial charge in [0.2, 0.25) is 0 Å². The van der Waals surface area contributed by atoms with Crippen molar-refractivity contribution >= 4 is 20.2 Å². The lowest BCUT2D eigenvalue weighted by Gasteiger charge is -2.40. The van der Waals surface area contributed by atoms with Gasteiger partial charge in [-0.1, -0.05) is 26.7 Å². The summed E-state index contributed by atoms with van der Waals surface area (Å²) in [5, 5.41) is -1.90. The third-order valence-corrected chi connectivity index (χ3v) is 6.37. The summed E-state index contributed by atoms with van der Waals surface area (Å²) in [6.45, 7) is 5.01. The molecule has 0 aromatic rings. The first-order chi connectivity index (χ1) is 10.1. The zero-order chi connectivity index (χ0) is 17.0. The minimum atomic E-state index is -4.16. The molecule has 0 radical (unpaired) electrons. The second-order valence-electron chi connectivity index (χ2n) is 5.59. The van der Waals surface area contributed by atoms with E-state index in [0.29, 0.717) is 51.9 Å². The summed E-state index contributed by atoms with van der Waals surface area (Å²) >= 11 is 0. The topological polar surface area (TPSA) is 115 Å². The molecule has 0 aromatic heterocycles. The molecule has 2 unspecified atom stereocenters. The van der Waals surface area contributed by atoms with Crippen LogP contribution >= 0.6 is 0 Å². The van der Waals surface area contributed by atoms with Crippen molar-refractivity contribution in [1.29, 1.82) is 0 Å². The van der Waals surface area contributed by atoms with E-state index in [2.05, 4.69) is 0 Å². The van der Waals surface area contributed by atoms with E-state index in [9.17, 15) is 25.9 Å². The number of rotatable bonds is 8. The summed E-state index contributed by atoms with van der Waals surface area (Å²) in [6, 6.07) is 0. The van der Waals surface area contributed by atoms with Crippen LogP contribution < -0.4 is 0 Å². The van der Waals surface area contributed by atoms with Crippen LogP contribution in [0.3, 0.4) is 0 Å². The Bertz CT molecular complexity index is 490. The van der Waals surface area contributed by atoms with Crippen LogP contribution in [0.5, 0.6) is 0 Å². The van der Waals surface area contributed by atoms with E-state index in [1.165, 1.54) is 0 Å². The summed E-state index contributed by atoms with van der Waals surface area (Å²) < 4.78 is 64.5.